The molecule has 0 fully saturated rings. The highest BCUT2D eigenvalue weighted by molar-refractivity contribution is 5.21. The van der Waals surface area contributed by atoms with E-state index in [1.165, 1.54) is 0 Å². The summed E-state index contributed by atoms with van der Waals surface area (Å²) < 4.78 is 28.5. The van der Waals surface area contributed by atoms with E-state index in [-0.39, 0.29) is 24.2 Å². The molecule has 0 aliphatic heterocycles. The third-order valence-corrected chi connectivity index (χ3v) is 3.62. The minimum absolute atomic E-state index is 0.0103. The van der Waals surface area contributed by atoms with E-state index in [1.54, 1.807) is 10.9 Å². The number of halogens is 2. The molecule has 21 heavy (non-hydrogen) atoms. The van der Waals surface area contributed by atoms with Gasteiger partial charge in [0, 0.05) is 30.5 Å². The van der Waals surface area contributed by atoms with Gasteiger partial charge in [0.2, 0.25) is 0 Å². The van der Waals surface area contributed by atoms with Gasteiger partial charge in [-0.2, -0.15) is 5.10 Å². The SMILES string of the molecule is C[C@H](NC[C@H](O)c1cc(F)ccc1F)[C@H](C)n1cccn1. The lowest BCUT2D eigenvalue weighted by molar-refractivity contribution is 0.161. The Hall–Kier alpha value is -1.79. The fourth-order valence-corrected chi connectivity index (χ4v) is 2.10. The molecule has 4 nitrogen and oxygen atoms in total. The number of hydrogen-bond donors (Lipinski definition) is 2. The van der Waals surface area contributed by atoms with Crippen LogP contribution >= 0.6 is 0 Å². The Bertz CT molecular complexity index is 574. The Morgan fingerprint density at radius 1 is 1.33 bits per heavy atom. The maximum absolute atomic E-state index is 13.6. The second-order valence-corrected chi connectivity index (χ2v) is 5.11. The summed E-state index contributed by atoms with van der Waals surface area (Å²) in [4.78, 5) is 0. The van der Waals surface area contributed by atoms with Crippen LogP contribution in [0.5, 0.6) is 0 Å². The Morgan fingerprint density at radius 2 is 2.10 bits per heavy atom. The van der Waals surface area contributed by atoms with E-state index in [9.17, 15) is 13.9 Å². The number of aliphatic hydroxyl groups excluding tert-OH is 1. The van der Waals surface area contributed by atoms with E-state index < -0.39 is 17.7 Å². The zero-order chi connectivity index (χ0) is 15.4. The molecule has 1 heterocycles. The summed E-state index contributed by atoms with van der Waals surface area (Å²) in [5, 5.41) is 17.3. The Kier molecular flexibility index (Phi) is 5.03. The van der Waals surface area contributed by atoms with Crippen molar-refractivity contribution < 1.29 is 13.9 Å². The summed E-state index contributed by atoms with van der Waals surface area (Å²) >= 11 is 0. The molecule has 2 N–H and O–H groups in total. The van der Waals surface area contributed by atoms with Crippen LogP contribution in [0.15, 0.2) is 36.7 Å². The number of nitrogens with one attached hydrogen (secondary N) is 1. The number of rotatable bonds is 6. The first-order chi connectivity index (χ1) is 9.99. The lowest BCUT2D eigenvalue weighted by atomic mass is 10.1. The molecule has 2 aromatic rings. The Balaban J connectivity index is 1.94. The minimum Gasteiger partial charge on any atom is -0.387 e. The average molecular weight is 295 g/mol. The third kappa shape index (κ3) is 3.86. The van der Waals surface area contributed by atoms with Crippen molar-refractivity contribution in [2.75, 3.05) is 6.54 Å². The summed E-state index contributed by atoms with van der Waals surface area (Å²) in [5.41, 5.74) is -0.0403. The lowest BCUT2D eigenvalue weighted by Crippen LogP contribution is -2.36. The topological polar surface area (TPSA) is 50.1 Å². The molecule has 0 aliphatic rings. The van der Waals surface area contributed by atoms with Crippen molar-refractivity contribution in [3.63, 3.8) is 0 Å². The maximum atomic E-state index is 13.6. The number of benzene rings is 1. The van der Waals surface area contributed by atoms with Gasteiger partial charge in [-0.15, -0.1) is 0 Å². The molecule has 0 bridgehead atoms. The zero-order valence-electron chi connectivity index (χ0n) is 12.0. The molecule has 114 valence electrons. The minimum atomic E-state index is -1.10. The van der Waals surface area contributed by atoms with Crippen LogP contribution in [0.3, 0.4) is 0 Å². The molecule has 0 unspecified atom stereocenters. The number of hydrogen-bond acceptors (Lipinski definition) is 3. The fraction of sp³-hybridized carbons (Fsp3) is 0.400. The van der Waals surface area contributed by atoms with Crippen LogP contribution in [0, 0.1) is 11.6 Å². The second-order valence-electron chi connectivity index (χ2n) is 5.11. The highest BCUT2D eigenvalue weighted by Gasteiger charge is 2.18. The fourth-order valence-electron chi connectivity index (χ4n) is 2.10. The molecule has 2 rings (SSSR count). The van der Waals surface area contributed by atoms with E-state index >= 15 is 0 Å². The zero-order valence-corrected chi connectivity index (χ0v) is 12.0. The lowest BCUT2D eigenvalue weighted by Gasteiger charge is -2.23. The van der Waals surface area contributed by atoms with Gasteiger partial charge < -0.3 is 10.4 Å². The predicted molar refractivity (Wildman–Crippen MR) is 75.7 cm³/mol. The van der Waals surface area contributed by atoms with Crippen LogP contribution in [0.2, 0.25) is 0 Å². The van der Waals surface area contributed by atoms with Gasteiger partial charge in [-0.1, -0.05) is 0 Å². The molecule has 3 atom stereocenters. The number of aromatic nitrogens is 2. The Labute approximate surface area is 122 Å². The first-order valence-electron chi connectivity index (χ1n) is 6.84. The van der Waals surface area contributed by atoms with Crippen molar-refractivity contribution in [1.82, 2.24) is 15.1 Å². The van der Waals surface area contributed by atoms with E-state index in [4.69, 9.17) is 0 Å². The van der Waals surface area contributed by atoms with Crippen LogP contribution in [0.1, 0.15) is 31.6 Å². The molecular formula is C15H19F2N3O. The van der Waals surface area contributed by atoms with Gasteiger partial charge in [0.05, 0.1) is 12.1 Å². The van der Waals surface area contributed by atoms with Crippen molar-refractivity contribution in [2.45, 2.75) is 32.0 Å². The molecule has 1 aromatic heterocycles. The van der Waals surface area contributed by atoms with Crippen molar-refractivity contribution in [1.29, 1.82) is 0 Å². The summed E-state index contributed by atoms with van der Waals surface area (Å²) in [7, 11) is 0. The molecule has 1 aromatic carbocycles. The highest BCUT2D eigenvalue weighted by Crippen LogP contribution is 2.18. The summed E-state index contributed by atoms with van der Waals surface area (Å²) in [6.45, 7) is 4.06. The molecule has 6 heteroatoms. The van der Waals surface area contributed by atoms with Crippen LogP contribution in [-0.2, 0) is 0 Å². The van der Waals surface area contributed by atoms with E-state index in [0.717, 1.165) is 18.2 Å². The molecule has 0 aliphatic carbocycles. The number of nitrogens with zero attached hydrogens (tertiary/aromatic N) is 2. The predicted octanol–water partition coefficient (Wildman–Crippen LogP) is 2.43. The smallest absolute Gasteiger partial charge is 0.129 e. The number of aliphatic hydroxyl groups is 1. The second kappa shape index (κ2) is 6.78. The third-order valence-electron chi connectivity index (χ3n) is 3.62. The highest BCUT2D eigenvalue weighted by atomic mass is 19.1. The molecule has 0 radical (unpaired) electrons. The van der Waals surface area contributed by atoms with Gasteiger partial charge in [0.1, 0.15) is 11.6 Å². The van der Waals surface area contributed by atoms with Gasteiger partial charge in [-0.05, 0) is 38.1 Å². The first kappa shape index (κ1) is 15.6. The van der Waals surface area contributed by atoms with E-state index in [2.05, 4.69) is 10.4 Å². The van der Waals surface area contributed by atoms with Crippen molar-refractivity contribution in [3.05, 3.63) is 53.9 Å². The average Bonchev–Trinajstić information content (AvgIpc) is 3.00. The molecule has 0 amide bonds. The van der Waals surface area contributed by atoms with Gasteiger partial charge >= 0.3 is 0 Å². The quantitative estimate of drug-likeness (QED) is 0.860. The van der Waals surface area contributed by atoms with E-state index in [1.807, 2.05) is 26.1 Å². The maximum Gasteiger partial charge on any atom is 0.129 e. The summed E-state index contributed by atoms with van der Waals surface area (Å²) in [5.74, 6) is -1.18. The van der Waals surface area contributed by atoms with E-state index in [0.29, 0.717) is 0 Å². The van der Waals surface area contributed by atoms with Gasteiger partial charge in [-0.3, -0.25) is 4.68 Å². The van der Waals surface area contributed by atoms with Gasteiger partial charge in [0.15, 0.2) is 0 Å². The van der Waals surface area contributed by atoms with Crippen LogP contribution in [-0.4, -0.2) is 27.5 Å². The van der Waals surface area contributed by atoms with Crippen molar-refractivity contribution in [2.24, 2.45) is 0 Å². The van der Waals surface area contributed by atoms with Crippen molar-refractivity contribution in [3.8, 4) is 0 Å². The summed E-state index contributed by atoms with van der Waals surface area (Å²) in [6.07, 6.45) is 2.44. The van der Waals surface area contributed by atoms with Crippen LogP contribution < -0.4 is 5.32 Å². The molecule has 0 saturated heterocycles. The summed E-state index contributed by atoms with van der Waals surface area (Å²) in [6, 6.07) is 4.98. The van der Waals surface area contributed by atoms with Gasteiger partial charge in [0.25, 0.3) is 0 Å². The Morgan fingerprint density at radius 3 is 2.76 bits per heavy atom. The standard InChI is InChI=1S/C15H19F2N3O/c1-10(11(2)20-7-3-6-19-20)18-9-15(21)13-8-12(16)4-5-14(13)17/h3-8,10-11,15,18,21H,9H2,1-2H3/t10-,11-,15-/m0/s1. The normalized spacial score (nSPS) is 15.7. The monoisotopic (exact) mass is 295 g/mol. The molecular weight excluding hydrogens is 276 g/mol. The largest absolute Gasteiger partial charge is 0.387 e. The first-order valence-corrected chi connectivity index (χ1v) is 6.84. The molecule has 0 spiro atoms. The van der Waals surface area contributed by atoms with Crippen molar-refractivity contribution >= 4 is 0 Å². The van der Waals surface area contributed by atoms with Crippen LogP contribution in [0.4, 0.5) is 8.78 Å². The van der Waals surface area contributed by atoms with Crippen LogP contribution in [0.25, 0.3) is 0 Å². The van der Waals surface area contributed by atoms with Gasteiger partial charge in [-0.25, -0.2) is 8.78 Å². The molecule has 0 saturated carbocycles.